The summed E-state index contributed by atoms with van der Waals surface area (Å²) in [5, 5.41) is 20.4. The highest BCUT2D eigenvalue weighted by molar-refractivity contribution is 7.81. The van der Waals surface area contributed by atoms with Gasteiger partial charge in [0.2, 0.25) is 0 Å². The predicted octanol–water partition coefficient (Wildman–Crippen LogP) is 6.26. The Morgan fingerprint density at radius 3 is 2.58 bits per heavy atom. The molecule has 0 bridgehead atoms. The first-order valence-corrected chi connectivity index (χ1v) is 12.5. The van der Waals surface area contributed by atoms with E-state index in [0.29, 0.717) is 10.8 Å². The summed E-state index contributed by atoms with van der Waals surface area (Å²) in [6.07, 6.45) is 5.50. The number of hydrogen-bond donors (Lipinski definition) is 3. The maximum Gasteiger partial charge on any atom is 0.181 e. The average Bonchev–Trinajstić information content (AvgIpc) is 3.31. The molecular formula is C26H28ClN5S. The van der Waals surface area contributed by atoms with E-state index in [9.17, 15) is 10.7 Å². The minimum Gasteiger partial charge on any atom is -0.343 e. The first kappa shape index (κ1) is 22.3. The summed E-state index contributed by atoms with van der Waals surface area (Å²) in [4.78, 5) is 10.4. The SMILES string of the molecule is Cc1cc2nc(C3(C#N)C(=N)N(C4CCCCC4)C(S)C3c3ccccc3Cl)[nH]c2cc1C. The average molecular weight is 478 g/mol. The number of benzene rings is 2. The second-order valence-electron chi connectivity index (χ2n) is 9.42. The highest BCUT2D eigenvalue weighted by atomic mass is 35.5. The fourth-order valence-electron chi connectivity index (χ4n) is 5.64. The number of nitriles is 1. The van der Waals surface area contributed by atoms with Crippen LogP contribution in [0.1, 0.15) is 60.5 Å². The summed E-state index contributed by atoms with van der Waals surface area (Å²) in [5.74, 6) is 0.336. The zero-order valence-electron chi connectivity index (χ0n) is 18.9. The predicted molar refractivity (Wildman–Crippen MR) is 136 cm³/mol. The molecule has 7 heteroatoms. The fraction of sp³-hybridized carbons (Fsp3) is 0.423. The summed E-state index contributed by atoms with van der Waals surface area (Å²) in [7, 11) is 0. The molecule has 3 unspecified atom stereocenters. The third-order valence-electron chi connectivity index (χ3n) is 7.54. The number of amidine groups is 1. The van der Waals surface area contributed by atoms with Crippen LogP contribution in [-0.2, 0) is 5.41 Å². The molecule has 1 aromatic heterocycles. The molecular weight excluding hydrogens is 450 g/mol. The number of aryl methyl sites for hydroxylation is 2. The van der Waals surface area contributed by atoms with Crippen molar-refractivity contribution in [1.29, 1.82) is 10.7 Å². The Labute approximate surface area is 205 Å². The van der Waals surface area contributed by atoms with Crippen molar-refractivity contribution in [3.8, 4) is 6.07 Å². The van der Waals surface area contributed by atoms with Crippen LogP contribution in [0.3, 0.4) is 0 Å². The van der Waals surface area contributed by atoms with Gasteiger partial charge in [0.05, 0.1) is 22.5 Å². The van der Waals surface area contributed by atoms with Crippen molar-refractivity contribution >= 4 is 41.1 Å². The minimum absolute atomic E-state index is 0.197. The highest BCUT2D eigenvalue weighted by Crippen LogP contribution is 2.53. The van der Waals surface area contributed by atoms with Crippen LogP contribution in [0.2, 0.25) is 5.02 Å². The molecule has 2 aliphatic rings. The van der Waals surface area contributed by atoms with Gasteiger partial charge in [0.15, 0.2) is 5.41 Å². The Balaban J connectivity index is 1.74. The van der Waals surface area contributed by atoms with Gasteiger partial charge < -0.3 is 9.88 Å². The van der Waals surface area contributed by atoms with Gasteiger partial charge in [0.1, 0.15) is 11.7 Å². The molecule has 5 nitrogen and oxygen atoms in total. The van der Waals surface area contributed by atoms with Crippen molar-refractivity contribution in [2.24, 2.45) is 0 Å². The third kappa shape index (κ3) is 3.36. The van der Waals surface area contributed by atoms with E-state index < -0.39 is 11.3 Å². The lowest BCUT2D eigenvalue weighted by Gasteiger charge is -2.36. The molecule has 3 atom stereocenters. The number of aromatic nitrogens is 2. The molecule has 3 aromatic rings. The third-order valence-corrected chi connectivity index (χ3v) is 8.43. The van der Waals surface area contributed by atoms with Crippen LogP contribution in [0.25, 0.3) is 11.0 Å². The number of H-pyrrole nitrogens is 1. The van der Waals surface area contributed by atoms with Crippen molar-refractivity contribution in [3.05, 3.63) is 63.9 Å². The van der Waals surface area contributed by atoms with E-state index in [4.69, 9.17) is 29.2 Å². The van der Waals surface area contributed by atoms with Crippen molar-refractivity contribution < 1.29 is 0 Å². The Hall–Kier alpha value is -2.49. The molecule has 0 amide bonds. The molecule has 2 aromatic carbocycles. The van der Waals surface area contributed by atoms with E-state index in [-0.39, 0.29) is 17.3 Å². The number of aromatic amines is 1. The molecule has 2 fully saturated rings. The largest absolute Gasteiger partial charge is 0.343 e. The second-order valence-corrected chi connectivity index (χ2v) is 10.4. The van der Waals surface area contributed by atoms with Gasteiger partial charge in [-0.05, 0) is 61.6 Å². The Morgan fingerprint density at radius 1 is 1.18 bits per heavy atom. The number of imidazole rings is 1. The molecule has 33 heavy (non-hydrogen) atoms. The van der Waals surface area contributed by atoms with Gasteiger partial charge >= 0.3 is 0 Å². The molecule has 1 saturated carbocycles. The molecule has 1 saturated heterocycles. The standard InChI is InChI=1S/C26H28ClN5S/c1-15-12-20-21(13-16(15)2)31-25(30-20)26(14-28)22(18-10-6-7-11-19(18)27)23(33)32(24(26)29)17-8-4-3-5-9-17/h6-7,10-13,17,22-23,29,33H,3-5,8-9H2,1-2H3,(H,30,31). The number of nitrogens with zero attached hydrogens (tertiary/aromatic N) is 3. The maximum atomic E-state index is 10.8. The zero-order valence-corrected chi connectivity index (χ0v) is 20.5. The number of rotatable bonds is 3. The number of hydrogen-bond acceptors (Lipinski definition) is 4. The second kappa shape index (κ2) is 8.38. The van der Waals surface area contributed by atoms with Gasteiger partial charge in [0.25, 0.3) is 0 Å². The molecule has 170 valence electrons. The van der Waals surface area contributed by atoms with Crippen LogP contribution in [-0.4, -0.2) is 32.1 Å². The summed E-state index contributed by atoms with van der Waals surface area (Å²) in [5.41, 5.74) is 3.50. The lowest BCUT2D eigenvalue weighted by Crippen LogP contribution is -2.44. The topological polar surface area (TPSA) is 79.6 Å². The van der Waals surface area contributed by atoms with E-state index in [1.807, 2.05) is 30.3 Å². The summed E-state index contributed by atoms with van der Waals surface area (Å²) in [6, 6.07) is 14.5. The quantitative estimate of drug-likeness (QED) is 0.389. The fourth-order valence-corrected chi connectivity index (χ4v) is 6.58. The Bertz CT molecular complexity index is 1230. The molecule has 1 aliphatic carbocycles. The zero-order chi connectivity index (χ0) is 23.3. The van der Waals surface area contributed by atoms with Crippen LogP contribution in [0.15, 0.2) is 36.4 Å². The Kier molecular flexibility index (Phi) is 5.66. The van der Waals surface area contributed by atoms with E-state index in [2.05, 4.69) is 35.9 Å². The van der Waals surface area contributed by atoms with Crippen molar-refractivity contribution in [3.63, 3.8) is 0 Å². The van der Waals surface area contributed by atoms with Crippen LogP contribution in [0.5, 0.6) is 0 Å². The van der Waals surface area contributed by atoms with Gasteiger partial charge in [-0.3, -0.25) is 5.41 Å². The van der Waals surface area contributed by atoms with E-state index >= 15 is 0 Å². The monoisotopic (exact) mass is 477 g/mol. The van der Waals surface area contributed by atoms with Gasteiger partial charge in [-0.1, -0.05) is 49.1 Å². The number of nitrogens with one attached hydrogen (secondary N) is 2. The van der Waals surface area contributed by atoms with Gasteiger partial charge in [0, 0.05) is 17.0 Å². The molecule has 2 N–H and O–H groups in total. The lowest BCUT2D eigenvalue weighted by molar-refractivity contribution is 0.238. The first-order chi connectivity index (χ1) is 15.9. The van der Waals surface area contributed by atoms with Crippen LogP contribution in [0.4, 0.5) is 0 Å². The molecule has 2 heterocycles. The van der Waals surface area contributed by atoms with E-state index in [1.54, 1.807) is 0 Å². The van der Waals surface area contributed by atoms with Crippen LogP contribution >= 0.6 is 24.2 Å². The van der Waals surface area contributed by atoms with Crippen LogP contribution in [0, 0.1) is 30.6 Å². The van der Waals surface area contributed by atoms with E-state index in [1.165, 1.54) is 6.42 Å². The van der Waals surface area contributed by atoms with Crippen molar-refractivity contribution in [2.45, 2.75) is 68.7 Å². The number of thiol groups is 1. The van der Waals surface area contributed by atoms with Gasteiger partial charge in [-0.15, -0.1) is 0 Å². The molecule has 1 aliphatic heterocycles. The smallest absolute Gasteiger partial charge is 0.181 e. The maximum absolute atomic E-state index is 10.8. The summed E-state index contributed by atoms with van der Waals surface area (Å²) in [6.45, 7) is 4.12. The van der Waals surface area contributed by atoms with Gasteiger partial charge in [-0.25, -0.2) is 4.98 Å². The van der Waals surface area contributed by atoms with Crippen molar-refractivity contribution in [1.82, 2.24) is 14.9 Å². The summed E-state index contributed by atoms with van der Waals surface area (Å²) >= 11 is 11.7. The van der Waals surface area contributed by atoms with Gasteiger partial charge in [-0.2, -0.15) is 17.9 Å². The lowest BCUT2D eigenvalue weighted by atomic mass is 9.74. The number of halogens is 1. The first-order valence-electron chi connectivity index (χ1n) is 11.6. The normalized spacial score (nSPS) is 26.2. The summed E-state index contributed by atoms with van der Waals surface area (Å²) < 4.78 is 0. The Morgan fingerprint density at radius 2 is 1.88 bits per heavy atom. The molecule has 0 spiro atoms. The minimum atomic E-state index is -1.31. The number of fused-ring (bicyclic) bond motifs is 1. The molecule has 5 rings (SSSR count). The van der Waals surface area contributed by atoms with E-state index in [0.717, 1.165) is 53.4 Å². The number of likely N-dealkylation sites (tertiary alicyclic amines) is 1. The van der Waals surface area contributed by atoms with Crippen molar-refractivity contribution in [2.75, 3.05) is 0 Å². The molecule has 0 radical (unpaired) electrons. The highest BCUT2D eigenvalue weighted by Gasteiger charge is 2.61. The van der Waals surface area contributed by atoms with Crippen LogP contribution < -0.4 is 0 Å².